The lowest BCUT2D eigenvalue weighted by molar-refractivity contribution is -0.908. The third kappa shape index (κ3) is 5.97. The highest BCUT2D eigenvalue weighted by Crippen LogP contribution is 2.19. The van der Waals surface area contributed by atoms with Crippen molar-refractivity contribution in [1.29, 1.82) is 0 Å². The van der Waals surface area contributed by atoms with Gasteiger partial charge in [0.15, 0.2) is 11.6 Å². The van der Waals surface area contributed by atoms with Gasteiger partial charge in [-0.15, -0.1) is 0 Å². The number of halogens is 2. The molecule has 0 unspecified atom stereocenters. The molecular formula is C20H24F2N3O4S+. The number of benzene rings is 2. The third-order valence-corrected chi connectivity index (χ3v) is 6.15. The number of morpholine rings is 1. The number of hydrogen-bond donors (Lipinski definition) is 3. The monoisotopic (exact) mass is 440 g/mol. The molecule has 2 aromatic carbocycles. The van der Waals surface area contributed by atoms with Crippen LogP contribution in [0.2, 0.25) is 0 Å². The molecule has 1 heterocycles. The summed E-state index contributed by atoms with van der Waals surface area (Å²) < 4.78 is 58.8. The summed E-state index contributed by atoms with van der Waals surface area (Å²) in [6.07, 6.45) is 0.823. The van der Waals surface area contributed by atoms with Gasteiger partial charge in [0.05, 0.1) is 24.7 Å². The molecule has 30 heavy (non-hydrogen) atoms. The van der Waals surface area contributed by atoms with Gasteiger partial charge in [0.25, 0.3) is 15.9 Å². The van der Waals surface area contributed by atoms with Gasteiger partial charge in [-0.25, -0.2) is 17.2 Å². The second kappa shape index (κ2) is 9.96. The second-order valence-corrected chi connectivity index (χ2v) is 8.67. The number of amides is 1. The number of hydrogen-bond acceptors (Lipinski definition) is 4. The Balaban J connectivity index is 1.56. The first kappa shape index (κ1) is 22.1. The highest BCUT2D eigenvalue weighted by atomic mass is 32.2. The summed E-state index contributed by atoms with van der Waals surface area (Å²) in [6, 6.07) is 8.27. The van der Waals surface area contributed by atoms with Crippen molar-refractivity contribution >= 4 is 21.6 Å². The Morgan fingerprint density at radius 3 is 2.57 bits per heavy atom. The molecule has 0 spiro atoms. The van der Waals surface area contributed by atoms with Crippen LogP contribution in [0.3, 0.4) is 0 Å². The van der Waals surface area contributed by atoms with E-state index in [1.165, 1.54) is 23.1 Å². The average molecular weight is 440 g/mol. The van der Waals surface area contributed by atoms with Crippen LogP contribution < -0.4 is 14.9 Å². The number of ether oxygens (including phenoxy) is 1. The Morgan fingerprint density at radius 2 is 1.83 bits per heavy atom. The fourth-order valence-electron chi connectivity index (χ4n) is 3.13. The number of anilines is 1. The van der Waals surface area contributed by atoms with Gasteiger partial charge in [0, 0.05) is 24.2 Å². The fraction of sp³-hybridized carbons (Fsp3) is 0.350. The maximum atomic E-state index is 13.4. The first-order valence-corrected chi connectivity index (χ1v) is 11.1. The largest absolute Gasteiger partial charge is 0.370 e. The first-order chi connectivity index (χ1) is 14.3. The van der Waals surface area contributed by atoms with Gasteiger partial charge in [0.2, 0.25) is 0 Å². The van der Waals surface area contributed by atoms with Crippen molar-refractivity contribution < 1.29 is 31.6 Å². The first-order valence-electron chi connectivity index (χ1n) is 9.62. The van der Waals surface area contributed by atoms with Gasteiger partial charge in [0.1, 0.15) is 13.1 Å². The number of sulfonamides is 1. The van der Waals surface area contributed by atoms with E-state index in [0.29, 0.717) is 18.2 Å². The summed E-state index contributed by atoms with van der Waals surface area (Å²) in [7, 11) is -4.13. The van der Waals surface area contributed by atoms with E-state index in [1.807, 2.05) is 0 Å². The van der Waals surface area contributed by atoms with Crippen LogP contribution in [0.4, 0.5) is 14.5 Å². The Labute approximate surface area is 174 Å². The molecule has 0 atom stereocenters. The molecule has 1 amide bonds. The minimum Gasteiger partial charge on any atom is -0.370 e. The van der Waals surface area contributed by atoms with Crippen molar-refractivity contribution in [3.05, 3.63) is 59.7 Å². The van der Waals surface area contributed by atoms with E-state index in [-0.39, 0.29) is 11.6 Å². The maximum absolute atomic E-state index is 13.4. The smallest absolute Gasteiger partial charge is 0.261 e. The zero-order valence-corrected chi connectivity index (χ0v) is 17.1. The zero-order chi connectivity index (χ0) is 21.6. The zero-order valence-electron chi connectivity index (χ0n) is 16.3. The van der Waals surface area contributed by atoms with Crippen molar-refractivity contribution in [2.45, 2.75) is 11.3 Å². The topological polar surface area (TPSA) is 88.9 Å². The van der Waals surface area contributed by atoms with E-state index in [9.17, 15) is 22.0 Å². The van der Waals surface area contributed by atoms with Crippen LogP contribution in [0.5, 0.6) is 0 Å². The summed E-state index contributed by atoms with van der Waals surface area (Å²) in [5.41, 5.74) is 0.435. The number of rotatable bonds is 8. The molecule has 1 saturated heterocycles. The molecule has 1 aliphatic rings. The fourth-order valence-corrected chi connectivity index (χ4v) is 4.20. The molecule has 3 N–H and O–H groups in total. The highest BCUT2D eigenvalue weighted by molar-refractivity contribution is 7.92. The van der Waals surface area contributed by atoms with E-state index in [0.717, 1.165) is 51.4 Å². The average Bonchev–Trinajstić information content (AvgIpc) is 2.73. The van der Waals surface area contributed by atoms with Crippen LogP contribution in [0, 0.1) is 11.6 Å². The van der Waals surface area contributed by atoms with E-state index >= 15 is 0 Å². The molecule has 3 rings (SSSR count). The minimum absolute atomic E-state index is 0.144. The molecule has 1 aliphatic heterocycles. The van der Waals surface area contributed by atoms with Crippen molar-refractivity contribution in [3.8, 4) is 0 Å². The van der Waals surface area contributed by atoms with Gasteiger partial charge < -0.3 is 15.0 Å². The van der Waals surface area contributed by atoms with Gasteiger partial charge in [-0.1, -0.05) is 6.07 Å². The van der Waals surface area contributed by atoms with E-state index in [4.69, 9.17) is 4.74 Å². The van der Waals surface area contributed by atoms with E-state index in [2.05, 4.69) is 10.0 Å². The highest BCUT2D eigenvalue weighted by Gasteiger charge is 2.18. The predicted molar refractivity (Wildman–Crippen MR) is 107 cm³/mol. The summed E-state index contributed by atoms with van der Waals surface area (Å²) >= 11 is 0. The molecule has 10 heteroatoms. The second-order valence-electron chi connectivity index (χ2n) is 6.98. The van der Waals surface area contributed by atoms with Gasteiger partial charge >= 0.3 is 0 Å². The molecule has 2 aromatic rings. The van der Waals surface area contributed by atoms with Crippen molar-refractivity contribution in [1.82, 2.24) is 5.32 Å². The Bertz CT molecular complexity index is 995. The third-order valence-electron chi connectivity index (χ3n) is 4.77. The number of carbonyl (C=O) groups excluding carboxylic acids is 1. The summed E-state index contributed by atoms with van der Waals surface area (Å²) in [5.74, 6) is -2.71. The molecule has 0 aromatic heterocycles. The standard InChI is InChI=1S/C20H23F2N3O4S/c21-18-6-5-17(14-19(18)22)30(27,28)24-16-4-1-3-15(13-16)20(26)23-7-2-8-25-9-11-29-12-10-25/h1,3-6,13-14,24H,2,7-12H2,(H,23,26)/p+1. The van der Waals surface area contributed by atoms with Crippen molar-refractivity contribution in [2.75, 3.05) is 44.1 Å². The molecule has 0 bridgehead atoms. The lowest BCUT2D eigenvalue weighted by Gasteiger charge is -2.23. The molecule has 0 aliphatic carbocycles. The number of quaternary nitrogens is 1. The molecule has 162 valence electrons. The maximum Gasteiger partial charge on any atom is 0.261 e. The summed E-state index contributed by atoms with van der Waals surface area (Å²) in [6.45, 7) is 4.90. The molecule has 7 nitrogen and oxygen atoms in total. The van der Waals surface area contributed by atoms with Crippen LogP contribution in [0.25, 0.3) is 0 Å². The predicted octanol–water partition coefficient (Wildman–Crippen LogP) is 0.801. The molecule has 1 fully saturated rings. The van der Waals surface area contributed by atoms with Crippen LogP contribution in [-0.2, 0) is 14.8 Å². The molecule has 0 saturated carbocycles. The van der Waals surface area contributed by atoms with Crippen LogP contribution in [0.15, 0.2) is 47.4 Å². The van der Waals surface area contributed by atoms with E-state index < -0.39 is 26.6 Å². The van der Waals surface area contributed by atoms with Gasteiger partial charge in [-0.2, -0.15) is 0 Å². The lowest BCUT2D eigenvalue weighted by atomic mass is 10.2. The number of nitrogens with one attached hydrogen (secondary N) is 3. The van der Waals surface area contributed by atoms with Crippen LogP contribution in [-0.4, -0.2) is 53.7 Å². The van der Waals surface area contributed by atoms with Gasteiger partial charge in [-0.05, 0) is 36.4 Å². The quantitative estimate of drug-likeness (QED) is 0.530. The van der Waals surface area contributed by atoms with Crippen LogP contribution >= 0.6 is 0 Å². The van der Waals surface area contributed by atoms with Gasteiger partial charge in [-0.3, -0.25) is 9.52 Å². The lowest BCUT2D eigenvalue weighted by Crippen LogP contribution is -3.14. The van der Waals surface area contributed by atoms with Crippen molar-refractivity contribution in [3.63, 3.8) is 0 Å². The Kier molecular flexibility index (Phi) is 7.35. The van der Waals surface area contributed by atoms with E-state index in [1.54, 1.807) is 6.07 Å². The number of carbonyl (C=O) groups is 1. The Hall–Kier alpha value is -2.56. The normalized spacial score (nSPS) is 15.0. The minimum atomic E-state index is -4.13. The molecular weight excluding hydrogens is 416 g/mol. The summed E-state index contributed by atoms with van der Waals surface area (Å²) in [4.78, 5) is 13.4. The SMILES string of the molecule is O=C(NCCC[NH+]1CCOCC1)c1cccc(NS(=O)(=O)c2ccc(F)c(F)c2)c1. The van der Waals surface area contributed by atoms with Crippen molar-refractivity contribution in [2.24, 2.45) is 0 Å². The summed E-state index contributed by atoms with van der Waals surface area (Å²) in [5, 5.41) is 2.82. The van der Waals surface area contributed by atoms with Crippen LogP contribution in [0.1, 0.15) is 16.8 Å². The molecule has 0 radical (unpaired) electrons. The Morgan fingerprint density at radius 1 is 1.07 bits per heavy atom.